The first-order chi connectivity index (χ1) is 40.4. The molecule has 22 heteroatoms. The van der Waals surface area contributed by atoms with Crippen molar-refractivity contribution in [2.45, 2.75) is 115 Å². The Kier molecular flexibility index (Phi) is 28.2. The third-order valence-corrected chi connectivity index (χ3v) is 14.6. The second-order valence-electron chi connectivity index (χ2n) is 20.0. The van der Waals surface area contributed by atoms with Crippen LogP contribution in [0.2, 0.25) is 0 Å². The molecule has 2 aliphatic rings. The van der Waals surface area contributed by atoms with Crippen LogP contribution in [0.3, 0.4) is 0 Å². The molecule has 0 saturated carbocycles. The molecule has 2 fully saturated rings. The molecular weight excluding hydrogens is 1140 g/mol. The van der Waals surface area contributed by atoms with Gasteiger partial charge in [-0.3, -0.25) is 19.2 Å². The minimum absolute atomic E-state index is 0. The maximum Gasteiger partial charge on any atom is 1.00 e. The number of aliphatic carboxylic acids is 4. The van der Waals surface area contributed by atoms with Crippen LogP contribution in [0.5, 0.6) is 0 Å². The van der Waals surface area contributed by atoms with Crippen molar-refractivity contribution in [2.75, 3.05) is 26.3 Å². The minimum Gasteiger partial charge on any atom is -0.547 e. The molecule has 2 saturated heterocycles. The second kappa shape index (κ2) is 34.3. The van der Waals surface area contributed by atoms with E-state index in [0.717, 1.165) is 20.9 Å². The van der Waals surface area contributed by atoms with Gasteiger partial charge < -0.3 is 68.2 Å². The molecule has 0 bridgehead atoms. The van der Waals surface area contributed by atoms with Crippen LogP contribution in [-0.4, -0.2) is 131 Å². The van der Waals surface area contributed by atoms with Crippen LogP contribution in [0.25, 0.3) is 22.3 Å². The average Bonchev–Trinajstić information content (AvgIpc) is 2.24. The summed E-state index contributed by atoms with van der Waals surface area (Å²) in [5.41, 5.74) is 5.36. The van der Waals surface area contributed by atoms with Crippen LogP contribution in [-0.2, 0) is 70.0 Å². The van der Waals surface area contributed by atoms with Gasteiger partial charge in [0.05, 0.1) is 11.9 Å². The molecule has 8 rings (SSSR count). The summed E-state index contributed by atoms with van der Waals surface area (Å²) in [7, 11) is 0. The van der Waals surface area contributed by atoms with Crippen molar-refractivity contribution in [3.63, 3.8) is 0 Å². The summed E-state index contributed by atoms with van der Waals surface area (Å²) in [6.07, 6.45) is -5.00. The number of hydrogen-bond donors (Lipinski definition) is 2. The van der Waals surface area contributed by atoms with Gasteiger partial charge in [0, 0.05) is 48.3 Å². The predicted octanol–water partition coefficient (Wildman–Crippen LogP) is 0.738. The van der Waals surface area contributed by atoms with Gasteiger partial charge in [0.15, 0.2) is 12.2 Å². The van der Waals surface area contributed by atoms with Gasteiger partial charge in [-0.1, -0.05) is 146 Å². The number of aryl methyl sites for hydroxylation is 2. The molecule has 0 aliphatic carbocycles. The topological polar surface area (TPSA) is 251 Å². The van der Waals surface area contributed by atoms with Crippen LogP contribution in [0.15, 0.2) is 158 Å². The Morgan fingerprint density at radius 2 is 0.814 bits per heavy atom. The van der Waals surface area contributed by atoms with Crippen LogP contribution in [0, 0.1) is 11.6 Å². The predicted molar refractivity (Wildman–Crippen MR) is 297 cm³/mol. The first-order valence-corrected chi connectivity index (χ1v) is 27.5. The van der Waals surface area contributed by atoms with E-state index in [0.29, 0.717) is 59.1 Å². The smallest absolute Gasteiger partial charge is 0.547 e. The zero-order valence-electron chi connectivity index (χ0n) is 48.7. The monoisotopic (exact) mass is 1200 g/mol. The molecule has 10 unspecified atom stereocenters. The van der Waals surface area contributed by atoms with Gasteiger partial charge in [-0.2, -0.15) is 0 Å². The Morgan fingerprint density at radius 3 is 1.10 bits per heavy atom. The number of carboxylic acid groups (broad SMARTS) is 4. The maximum absolute atomic E-state index is 15.5. The van der Waals surface area contributed by atoms with E-state index < -0.39 is 122 Å². The first kappa shape index (κ1) is 70.5. The third-order valence-electron chi connectivity index (χ3n) is 14.6. The fraction of sp³-hybridized carbons (Fsp3) is 0.344. The number of carboxylic acids is 4. The molecule has 2 amide bonds. The zero-order valence-corrected chi connectivity index (χ0v) is 52.7. The molecule has 10 atom stereocenters. The van der Waals surface area contributed by atoms with Gasteiger partial charge in [-0.05, 0) is 98.9 Å². The van der Waals surface area contributed by atoms with Crippen molar-refractivity contribution in [2.24, 2.45) is 0 Å². The number of amides is 2. The molecule has 86 heavy (non-hydrogen) atoms. The summed E-state index contributed by atoms with van der Waals surface area (Å²) in [6.45, 7) is 2.47. The molecule has 0 aromatic heterocycles. The summed E-state index contributed by atoms with van der Waals surface area (Å²) in [5.74, 6) is -9.82. The Bertz CT molecular complexity index is 2960. The number of benzene rings is 6. The fourth-order valence-corrected chi connectivity index (χ4v) is 10.4. The largest absolute Gasteiger partial charge is 1.00 e. The van der Waals surface area contributed by atoms with Gasteiger partial charge >= 0.3 is 71.1 Å². The van der Waals surface area contributed by atoms with Gasteiger partial charge in [-0.15, -0.1) is 0 Å². The average molecular weight is 1200 g/mol. The summed E-state index contributed by atoms with van der Waals surface area (Å²) in [6, 6.07) is 45.3. The number of halogens is 2. The Labute approximate surface area is 541 Å². The van der Waals surface area contributed by atoms with Gasteiger partial charge in [-0.25, -0.2) is 8.78 Å². The molecule has 0 spiro atoms. The third kappa shape index (κ3) is 18.9. The van der Waals surface area contributed by atoms with Crippen molar-refractivity contribution >= 4 is 35.7 Å². The Hall–Kier alpha value is -6.24. The maximum atomic E-state index is 15.5. The van der Waals surface area contributed by atoms with E-state index in [9.17, 15) is 49.2 Å². The van der Waals surface area contributed by atoms with Crippen molar-refractivity contribution in [3.8, 4) is 22.3 Å². The van der Waals surface area contributed by atoms with Crippen molar-refractivity contribution in [1.29, 1.82) is 0 Å². The summed E-state index contributed by atoms with van der Waals surface area (Å²) < 4.78 is 62.6. The van der Waals surface area contributed by atoms with Crippen molar-refractivity contribution < 1.29 is 146 Å². The summed E-state index contributed by atoms with van der Waals surface area (Å²) in [4.78, 5) is 77.0. The summed E-state index contributed by atoms with van der Waals surface area (Å²) >= 11 is 0. The van der Waals surface area contributed by atoms with Crippen molar-refractivity contribution in [3.05, 3.63) is 192 Å². The van der Waals surface area contributed by atoms with Gasteiger partial charge in [0.2, 0.25) is 0 Å². The fourth-order valence-electron chi connectivity index (χ4n) is 10.4. The van der Waals surface area contributed by atoms with Gasteiger partial charge in [0.25, 0.3) is 24.8 Å². The molecule has 2 N–H and O–H groups in total. The van der Waals surface area contributed by atoms with Crippen LogP contribution in [0.4, 0.5) is 8.78 Å². The molecule has 2 heterocycles. The number of rotatable bonds is 26. The molecular formula is C64H66F2N2Na2O16. The standard InChI is InChI=1S/2C32H34FNO8.2Na/c2*1-3-40-32-41-28(29(42-32)31(38)39)30(37)34(19-27(35)36)20(2)24(16-14-21-10-6-4-7-11-21)23-15-17-25(26(33)18-23)22-12-8-5-9-13-22;;/h2*4-13,15,17-18,20,24,28-29,32H,3,14,16,19H2,1-2H3,(H,35,36)(H,38,39);;/q;;2*+1/p-2. The second-order valence-corrected chi connectivity index (χ2v) is 20.0. The minimum atomic E-state index is -1.80. The summed E-state index contributed by atoms with van der Waals surface area (Å²) in [5, 5.41) is 43.0. The van der Waals surface area contributed by atoms with E-state index in [1.807, 2.05) is 97.1 Å². The zero-order chi connectivity index (χ0) is 60.5. The number of nitrogens with zero attached hydrogens (tertiary/aromatic N) is 2. The molecule has 6 aromatic rings. The van der Waals surface area contributed by atoms with E-state index in [-0.39, 0.29) is 72.3 Å². The SMILES string of the molecule is CCOC1OC(C(=O)[O-])C(C(=O)N(CC(=O)O)C(C)C(CCc2ccccc2)c2ccc(-c3ccccc3)c(F)c2)O1.CCOC1OC(C(=O)[O-])C(C(=O)N(CC(=O)O)C(C)C(CCc2ccccc2)c2ccc(-c3ccccc3)c(F)c2)O1.[Na+].[Na+]. The van der Waals surface area contributed by atoms with E-state index in [1.54, 1.807) is 76.2 Å². The molecule has 2 aliphatic heterocycles. The first-order valence-electron chi connectivity index (χ1n) is 27.5. The van der Waals surface area contributed by atoms with E-state index in [2.05, 4.69) is 0 Å². The van der Waals surface area contributed by atoms with E-state index in [1.165, 1.54) is 12.1 Å². The van der Waals surface area contributed by atoms with Crippen LogP contribution < -0.4 is 69.3 Å². The molecule has 0 radical (unpaired) electrons. The quantitative estimate of drug-likeness (QED) is 0.0711. The Morgan fingerprint density at radius 1 is 0.500 bits per heavy atom. The molecule has 18 nitrogen and oxygen atoms in total. The van der Waals surface area contributed by atoms with E-state index in [4.69, 9.17) is 28.4 Å². The van der Waals surface area contributed by atoms with Gasteiger partial charge in [0.1, 0.15) is 36.9 Å². The van der Waals surface area contributed by atoms with Crippen molar-refractivity contribution in [1.82, 2.24) is 9.80 Å². The number of carbonyl (C=O) groups is 6. The number of hydrogen-bond acceptors (Lipinski definition) is 14. The van der Waals surface area contributed by atoms with E-state index >= 15 is 8.78 Å². The normalized spacial score (nSPS) is 19.2. The number of carbonyl (C=O) groups excluding carboxylic acids is 4. The van der Waals surface area contributed by atoms with Crippen LogP contribution in [0.1, 0.15) is 74.6 Å². The Balaban J connectivity index is 0.000000307. The molecule has 444 valence electrons. The molecule has 6 aromatic carbocycles. The number of ether oxygens (including phenoxy) is 6. The van der Waals surface area contributed by atoms with Crippen LogP contribution >= 0.6 is 0 Å².